The molecule has 0 fully saturated rings. The highest BCUT2D eigenvalue weighted by molar-refractivity contribution is 6.21. The van der Waals surface area contributed by atoms with Crippen LogP contribution in [0, 0.1) is 13.8 Å². The van der Waals surface area contributed by atoms with Crippen LogP contribution in [0.3, 0.4) is 0 Å². The molecular formula is C54H40O. The van der Waals surface area contributed by atoms with Gasteiger partial charge in [-0.2, -0.15) is 0 Å². The Morgan fingerprint density at radius 2 is 0.964 bits per heavy atom. The molecule has 2 aliphatic rings. The van der Waals surface area contributed by atoms with Gasteiger partial charge in [0, 0.05) is 21.8 Å². The van der Waals surface area contributed by atoms with E-state index in [0.717, 1.165) is 16.6 Å². The largest absolute Gasteiger partial charge is 0.455 e. The van der Waals surface area contributed by atoms with Crippen LogP contribution in [0.25, 0.3) is 66.4 Å². The van der Waals surface area contributed by atoms with Gasteiger partial charge >= 0.3 is 0 Å². The molecule has 1 aromatic heterocycles. The molecule has 2 aliphatic carbocycles. The summed E-state index contributed by atoms with van der Waals surface area (Å²) in [6, 6.07) is 63.2. The number of hydrogen-bond acceptors (Lipinski definition) is 1. The maximum absolute atomic E-state index is 7.07. The highest BCUT2D eigenvalue weighted by atomic mass is 16.3. The van der Waals surface area contributed by atoms with Crippen molar-refractivity contribution in [1.29, 1.82) is 0 Å². The maximum Gasteiger partial charge on any atom is 0.144 e. The SMILES string of the molecule is Cc1ccc2c(c1)C(C)(C)c1c3c(c4c(oc5ccccc54)c1-2)-c1ccc(C)cc1C3(c1cccc(-c2ccccc2)c1)c1cccc(-c2ccccc2)c1. The van der Waals surface area contributed by atoms with Crippen LogP contribution in [-0.4, -0.2) is 0 Å². The van der Waals surface area contributed by atoms with Gasteiger partial charge in [0.15, 0.2) is 0 Å². The lowest BCUT2D eigenvalue weighted by atomic mass is 9.63. The minimum absolute atomic E-state index is 0.315. The summed E-state index contributed by atoms with van der Waals surface area (Å²) in [6.07, 6.45) is 0. The summed E-state index contributed by atoms with van der Waals surface area (Å²) in [7, 11) is 0. The van der Waals surface area contributed by atoms with Crippen molar-refractivity contribution in [2.45, 2.75) is 38.5 Å². The molecule has 55 heavy (non-hydrogen) atoms. The molecule has 0 radical (unpaired) electrons. The number of hydrogen-bond donors (Lipinski definition) is 0. The van der Waals surface area contributed by atoms with Gasteiger partial charge in [-0.15, -0.1) is 0 Å². The Morgan fingerprint density at radius 1 is 0.436 bits per heavy atom. The van der Waals surface area contributed by atoms with Crippen molar-refractivity contribution in [3.8, 4) is 44.5 Å². The fraction of sp³-hybridized carbons (Fsp3) is 0.111. The van der Waals surface area contributed by atoms with Gasteiger partial charge in [-0.1, -0.05) is 177 Å². The number of rotatable bonds is 4. The number of furan rings is 1. The molecule has 0 spiro atoms. The number of fused-ring (bicyclic) bond motifs is 12. The van der Waals surface area contributed by atoms with Crippen molar-refractivity contribution in [2.75, 3.05) is 0 Å². The Labute approximate surface area is 322 Å². The normalized spacial score (nSPS) is 14.5. The minimum Gasteiger partial charge on any atom is -0.455 e. The Hall–Kier alpha value is -6.44. The summed E-state index contributed by atoms with van der Waals surface area (Å²) < 4.78 is 7.07. The van der Waals surface area contributed by atoms with Crippen LogP contribution in [0.4, 0.5) is 0 Å². The van der Waals surface area contributed by atoms with Gasteiger partial charge in [-0.05, 0) is 104 Å². The predicted octanol–water partition coefficient (Wildman–Crippen LogP) is 14.2. The zero-order valence-electron chi connectivity index (χ0n) is 31.6. The highest BCUT2D eigenvalue weighted by Crippen LogP contribution is 2.66. The maximum atomic E-state index is 7.07. The highest BCUT2D eigenvalue weighted by Gasteiger charge is 2.54. The molecule has 0 amide bonds. The van der Waals surface area contributed by atoms with E-state index in [1.54, 1.807) is 0 Å². The lowest BCUT2D eigenvalue weighted by molar-refractivity contribution is 0.630. The molecule has 0 atom stereocenters. The zero-order valence-corrected chi connectivity index (χ0v) is 31.6. The molecular weight excluding hydrogens is 665 g/mol. The molecule has 8 aromatic carbocycles. The molecule has 0 bridgehead atoms. The Balaban J connectivity index is 1.39. The van der Waals surface area contributed by atoms with Crippen molar-refractivity contribution in [1.82, 2.24) is 0 Å². The molecule has 1 nitrogen and oxygen atoms in total. The topological polar surface area (TPSA) is 13.1 Å². The fourth-order valence-electron chi connectivity index (χ4n) is 10.2. The third-order valence-corrected chi connectivity index (χ3v) is 12.6. The molecule has 9 aromatic rings. The smallest absolute Gasteiger partial charge is 0.144 e. The van der Waals surface area contributed by atoms with Crippen LogP contribution in [0.5, 0.6) is 0 Å². The second kappa shape index (κ2) is 11.5. The average Bonchev–Trinajstić information content (AvgIpc) is 3.82. The van der Waals surface area contributed by atoms with Crippen LogP contribution in [0.1, 0.15) is 58.4 Å². The van der Waals surface area contributed by atoms with Gasteiger partial charge in [-0.25, -0.2) is 0 Å². The van der Waals surface area contributed by atoms with Crippen molar-refractivity contribution in [3.05, 3.63) is 214 Å². The van der Waals surface area contributed by atoms with E-state index in [0.29, 0.717) is 0 Å². The van der Waals surface area contributed by atoms with Crippen LogP contribution in [-0.2, 0) is 10.8 Å². The third-order valence-electron chi connectivity index (χ3n) is 12.6. The first-order chi connectivity index (χ1) is 26.9. The summed E-state index contributed by atoms with van der Waals surface area (Å²) in [5, 5.41) is 2.37. The fourth-order valence-corrected chi connectivity index (χ4v) is 10.2. The van der Waals surface area contributed by atoms with Crippen molar-refractivity contribution < 1.29 is 4.42 Å². The van der Waals surface area contributed by atoms with Gasteiger partial charge in [-0.3, -0.25) is 0 Å². The molecule has 1 heterocycles. The van der Waals surface area contributed by atoms with Gasteiger partial charge in [0.1, 0.15) is 11.2 Å². The standard InChI is InChI=1S/C54H40O/c1-33-25-27-41-44(29-33)53(3,4)50-49(41)52-48(43-23-11-12-24-46(43)55-52)47-42-28-26-34(2)30-45(42)54(51(47)50,39-21-13-19-37(31-39)35-15-7-5-8-16-35)40-22-14-20-38(32-40)36-17-9-6-10-18-36/h5-32H,1-4H3. The molecule has 0 unspecified atom stereocenters. The zero-order chi connectivity index (χ0) is 37.1. The van der Waals surface area contributed by atoms with E-state index < -0.39 is 5.41 Å². The van der Waals surface area contributed by atoms with Gasteiger partial charge in [0.2, 0.25) is 0 Å². The predicted molar refractivity (Wildman–Crippen MR) is 229 cm³/mol. The molecule has 262 valence electrons. The summed E-state index contributed by atoms with van der Waals surface area (Å²) in [5.74, 6) is 0. The first-order valence-corrected chi connectivity index (χ1v) is 19.4. The molecule has 1 heteroatoms. The van der Waals surface area contributed by atoms with Gasteiger partial charge in [0.25, 0.3) is 0 Å². The molecule has 0 N–H and O–H groups in total. The number of benzene rings is 8. The van der Waals surface area contributed by atoms with Crippen molar-refractivity contribution in [3.63, 3.8) is 0 Å². The van der Waals surface area contributed by atoms with Crippen LogP contribution in [0.2, 0.25) is 0 Å². The molecule has 0 saturated carbocycles. The second-order valence-electron chi connectivity index (χ2n) is 16.2. The Bertz CT molecular complexity index is 2930. The summed E-state index contributed by atoms with van der Waals surface area (Å²) >= 11 is 0. The summed E-state index contributed by atoms with van der Waals surface area (Å²) in [6.45, 7) is 9.33. The monoisotopic (exact) mass is 704 g/mol. The van der Waals surface area contributed by atoms with Crippen molar-refractivity contribution >= 4 is 21.9 Å². The van der Waals surface area contributed by atoms with E-state index in [1.165, 1.54) is 94.4 Å². The van der Waals surface area contributed by atoms with Gasteiger partial charge in [0.05, 0.1) is 5.41 Å². The quantitative estimate of drug-likeness (QED) is 0.178. The Kier molecular flexibility index (Phi) is 6.72. The number of aryl methyl sites for hydroxylation is 2. The summed E-state index contributed by atoms with van der Waals surface area (Å²) in [5.41, 5.74) is 21.3. The van der Waals surface area contributed by atoms with E-state index >= 15 is 0 Å². The molecule has 0 aliphatic heterocycles. The van der Waals surface area contributed by atoms with E-state index in [-0.39, 0.29) is 5.41 Å². The average molecular weight is 705 g/mol. The summed E-state index contributed by atoms with van der Waals surface area (Å²) in [4.78, 5) is 0. The minimum atomic E-state index is -0.655. The second-order valence-corrected chi connectivity index (χ2v) is 16.2. The molecule has 11 rings (SSSR count). The van der Waals surface area contributed by atoms with Crippen molar-refractivity contribution in [2.24, 2.45) is 0 Å². The van der Waals surface area contributed by atoms with E-state index in [4.69, 9.17) is 4.42 Å². The van der Waals surface area contributed by atoms with Crippen LogP contribution < -0.4 is 0 Å². The van der Waals surface area contributed by atoms with Gasteiger partial charge < -0.3 is 4.42 Å². The first kappa shape index (κ1) is 32.0. The van der Waals surface area contributed by atoms with Crippen LogP contribution >= 0.6 is 0 Å². The van der Waals surface area contributed by atoms with E-state index in [2.05, 4.69) is 198 Å². The van der Waals surface area contributed by atoms with Crippen LogP contribution in [0.15, 0.2) is 174 Å². The molecule has 0 saturated heterocycles. The van der Waals surface area contributed by atoms with E-state index in [1.807, 2.05) is 0 Å². The van der Waals surface area contributed by atoms with E-state index in [9.17, 15) is 0 Å². The third kappa shape index (κ3) is 4.36. The lowest BCUT2D eigenvalue weighted by Gasteiger charge is -2.38. The number of para-hydroxylation sites is 1. The first-order valence-electron chi connectivity index (χ1n) is 19.4. The Morgan fingerprint density at radius 3 is 1.58 bits per heavy atom. The lowest BCUT2D eigenvalue weighted by Crippen LogP contribution is -2.32.